The minimum atomic E-state index is -1.08. The van der Waals surface area contributed by atoms with Crippen molar-refractivity contribution >= 4 is 35.6 Å². The second kappa shape index (κ2) is 15.7. The van der Waals surface area contributed by atoms with Gasteiger partial charge >= 0.3 is 23.9 Å². The number of hydrogen-bond donors (Lipinski definition) is 2. The summed E-state index contributed by atoms with van der Waals surface area (Å²) in [7, 11) is 0. The van der Waals surface area contributed by atoms with Crippen LogP contribution in [0.1, 0.15) is 47.5 Å². The van der Waals surface area contributed by atoms with Crippen molar-refractivity contribution < 1.29 is 48.3 Å². The number of thioether (sulfide) groups is 1. The standard InChI is InChI=1S/C23H38O10S/c1-7-18(26)31-14-23(6,15-32-20(28)13-34-12-17(25)10-24)9-19(27)33-16(3)11-30-21(29)22(4,5)8-2/h7,16-17,24-25H,1,8-15H2,2-6H3. The topological polar surface area (TPSA) is 146 Å². The van der Waals surface area contributed by atoms with Gasteiger partial charge in [0.05, 0.1) is 30.3 Å². The van der Waals surface area contributed by atoms with Crippen LogP contribution < -0.4 is 0 Å². The van der Waals surface area contributed by atoms with E-state index >= 15 is 0 Å². The van der Waals surface area contributed by atoms with Gasteiger partial charge < -0.3 is 29.2 Å². The Morgan fingerprint density at radius 3 is 2.24 bits per heavy atom. The largest absolute Gasteiger partial charge is 0.464 e. The average Bonchev–Trinajstić information content (AvgIpc) is 2.79. The van der Waals surface area contributed by atoms with Gasteiger partial charge in [0.1, 0.15) is 25.9 Å². The summed E-state index contributed by atoms with van der Waals surface area (Å²) < 4.78 is 20.8. The van der Waals surface area contributed by atoms with E-state index < -0.39 is 53.5 Å². The van der Waals surface area contributed by atoms with Crippen LogP contribution in [0.25, 0.3) is 0 Å². The SMILES string of the molecule is C=CC(=O)OCC(C)(COC(=O)CSCC(O)CO)CC(=O)OC(C)COC(=O)C(C)(C)CC. The molecule has 0 bridgehead atoms. The summed E-state index contributed by atoms with van der Waals surface area (Å²) in [6, 6.07) is 0. The van der Waals surface area contributed by atoms with Crippen molar-refractivity contribution in [3.05, 3.63) is 12.7 Å². The molecule has 0 aromatic heterocycles. The van der Waals surface area contributed by atoms with Gasteiger partial charge in [-0.3, -0.25) is 14.4 Å². The maximum Gasteiger partial charge on any atom is 0.330 e. The second-order valence-corrected chi connectivity index (χ2v) is 9.98. The number of esters is 4. The summed E-state index contributed by atoms with van der Waals surface area (Å²) in [6.07, 6.45) is -0.311. The predicted molar refractivity (Wildman–Crippen MR) is 126 cm³/mol. The molecular formula is C23H38O10S. The van der Waals surface area contributed by atoms with E-state index in [1.54, 1.807) is 27.7 Å². The van der Waals surface area contributed by atoms with Crippen molar-refractivity contribution in [1.82, 2.24) is 0 Å². The molecule has 3 atom stereocenters. The summed E-state index contributed by atoms with van der Waals surface area (Å²) in [6.45, 7) is 10.9. The minimum Gasteiger partial charge on any atom is -0.464 e. The zero-order valence-electron chi connectivity index (χ0n) is 20.7. The molecule has 0 amide bonds. The Hall–Kier alpha value is -2.11. The summed E-state index contributed by atoms with van der Waals surface area (Å²) in [5, 5.41) is 18.1. The quantitative estimate of drug-likeness (QED) is 0.169. The summed E-state index contributed by atoms with van der Waals surface area (Å²) in [5.74, 6) is -2.24. The van der Waals surface area contributed by atoms with Gasteiger partial charge in [-0.25, -0.2) is 4.79 Å². The zero-order chi connectivity index (χ0) is 26.4. The third-order valence-corrected chi connectivity index (χ3v) is 5.90. The van der Waals surface area contributed by atoms with Gasteiger partial charge in [0, 0.05) is 17.2 Å². The Bertz CT molecular complexity index is 693. The molecule has 0 heterocycles. The van der Waals surface area contributed by atoms with Gasteiger partial charge in [0.2, 0.25) is 0 Å². The number of aliphatic hydroxyl groups is 2. The van der Waals surface area contributed by atoms with E-state index in [0.717, 1.165) is 17.8 Å². The molecule has 11 heteroatoms. The first-order valence-electron chi connectivity index (χ1n) is 11.0. The lowest BCUT2D eigenvalue weighted by Crippen LogP contribution is -2.36. The lowest BCUT2D eigenvalue weighted by atomic mass is 9.88. The normalized spacial score (nSPS) is 14.8. The number of carbonyl (C=O) groups excluding carboxylic acids is 4. The average molecular weight is 507 g/mol. The van der Waals surface area contributed by atoms with Crippen molar-refractivity contribution in [1.29, 1.82) is 0 Å². The van der Waals surface area contributed by atoms with Gasteiger partial charge in [-0.05, 0) is 27.2 Å². The first-order valence-corrected chi connectivity index (χ1v) is 12.1. The lowest BCUT2D eigenvalue weighted by molar-refractivity contribution is -0.167. The summed E-state index contributed by atoms with van der Waals surface area (Å²) in [5.41, 5.74) is -1.73. The van der Waals surface area contributed by atoms with Gasteiger partial charge in [-0.15, -0.1) is 11.8 Å². The van der Waals surface area contributed by atoms with Crippen LogP contribution in [0.4, 0.5) is 0 Å². The molecule has 10 nitrogen and oxygen atoms in total. The highest BCUT2D eigenvalue weighted by Gasteiger charge is 2.33. The van der Waals surface area contributed by atoms with Gasteiger partial charge in [-0.1, -0.05) is 20.4 Å². The Labute approximate surface area is 205 Å². The fourth-order valence-corrected chi connectivity index (χ4v) is 3.00. The van der Waals surface area contributed by atoms with Crippen LogP contribution in [0.2, 0.25) is 0 Å². The number of aliphatic hydroxyl groups excluding tert-OH is 2. The molecule has 0 aliphatic heterocycles. The summed E-state index contributed by atoms with van der Waals surface area (Å²) >= 11 is 1.08. The molecule has 0 aromatic rings. The van der Waals surface area contributed by atoms with Gasteiger partial charge in [-0.2, -0.15) is 0 Å². The molecule has 196 valence electrons. The monoisotopic (exact) mass is 506 g/mol. The maximum atomic E-state index is 12.5. The highest BCUT2D eigenvalue weighted by Crippen LogP contribution is 2.25. The first-order chi connectivity index (χ1) is 15.8. The maximum absolute atomic E-state index is 12.5. The Morgan fingerprint density at radius 1 is 1.06 bits per heavy atom. The Kier molecular flexibility index (Phi) is 14.8. The van der Waals surface area contributed by atoms with Crippen LogP contribution in [-0.4, -0.2) is 84.2 Å². The van der Waals surface area contributed by atoms with E-state index in [4.69, 9.17) is 24.1 Å². The third kappa shape index (κ3) is 13.6. The van der Waals surface area contributed by atoms with Crippen molar-refractivity contribution in [2.24, 2.45) is 10.8 Å². The third-order valence-electron chi connectivity index (χ3n) is 4.84. The van der Waals surface area contributed by atoms with E-state index in [-0.39, 0.29) is 37.7 Å². The Balaban J connectivity index is 4.86. The van der Waals surface area contributed by atoms with E-state index in [1.807, 2.05) is 6.92 Å². The molecule has 0 saturated heterocycles. The van der Waals surface area contributed by atoms with Crippen LogP contribution in [0, 0.1) is 10.8 Å². The van der Waals surface area contributed by atoms with E-state index in [2.05, 4.69) is 6.58 Å². The summed E-state index contributed by atoms with van der Waals surface area (Å²) in [4.78, 5) is 48.0. The molecule has 0 rings (SSSR count). The molecule has 0 radical (unpaired) electrons. The zero-order valence-corrected chi connectivity index (χ0v) is 21.5. The van der Waals surface area contributed by atoms with Gasteiger partial charge in [0.25, 0.3) is 0 Å². The molecule has 0 saturated carbocycles. The molecule has 2 N–H and O–H groups in total. The first kappa shape index (κ1) is 31.9. The molecule has 0 aliphatic carbocycles. The van der Waals surface area contributed by atoms with Crippen molar-refractivity contribution in [3.63, 3.8) is 0 Å². The van der Waals surface area contributed by atoms with E-state index in [1.165, 1.54) is 0 Å². The fraction of sp³-hybridized carbons (Fsp3) is 0.739. The number of rotatable bonds is 17. The highest BCUT2D eigenvalue weighted by atomic mass is 32.2. The molecule has 0 spiro atoms. The number of ether oxygens (including phenoxy) is 4. The fourth-order valence-electron chi connectivity index (χ4n) is 2.26. The molecule has 0 aliphatic rings. The van der Waals surface area contributed by atoms with Crippen molar-refractivity contribution in [2.75, 3.05) is 37.9 Å². The molecule has 0 fully saturated rings. The lowest BCUT2D eigenvalue weighted by Gasteiger charge is -2.28. The van der Waals surface area contributed by atoms with Crippen LogP contribution in [0.5, 0.6) is 0 Å². The van der Waals surface area contributed by atoms with Crippen LogP contribution in [0.3, 0.4) is 0 Å². The van der Waals surface area contributed by atoms with Crippen LogP contribution in [-0.2, 0) is 38.1 Å². The van der Waals surface area contributed by atoms with Crippen LogP contribution in [0.15, 0.2) is 12.7 Å². The molecular weight excluding hydrogens is 468 g/mol. The van der Waals surface area contributed by atoms with Crippen LogP contribution >= 0.6 is 11.8 Å². The highest BCUT2D eigenvalue weighted by molar-refractivity contribution is 7.99. The van der Waals surface area contributed by atoms with Crippen molar-refractivity contribution in [2.45, 2.75) is 59.7 Å². The van der Waals surface area contributed by atoms with Crippen molar-refractivity contribution in [3.8, 4) is 0 Å². The minimum absolute atomic E-state index is 0.0689. The Morgan fingerprint density at radius 2 is 1.68 bits per heavy atom. The van der Waals surface area contributed by atoms with E-state index in [0.29, 0.717) is 6.42 Å². The molecule has 34 heavy (non-hydrogen) atoms. The number of carbonyl (C=O) groups is 4. The van der Waals surface area contributed by atoms with Gasteiger partial charge in [0.15, 0.2) is 0 Å². The molecule has 3 unspecified atom stereocenters. The predicted octanol–water partition coefficient (Wildman–Crippen LogP) is 1.65. The van der Waals surface area contributed by atoms with E-state index in [9.17, 15) is 24.3 Å². The molecule has 0 aromatic carbocycles. The number of hydrogen-bond acceptors (Lipinski definition) is 11. The second-order valence-electron chi connectivity index (χ2n) is 8.95. The smallest absolute Gasteiger partial charge is 0.330 e.